The van der Waals surface area contributed by atoms with Gasteiger partial charge in [0.15, 0.2) is 0 Å². The second-order valence-corrected chi connectivity index (χ2v) is 1.93. The van der Waals surface area contributed by atoms with Gasteiger partial charge in [-0.25, -0.2) is 4.98 Å². The lowest BCUT2D eigenvalue weighted by Crippen LogP contribution is -1.95. The van der Waals surface area contributed by atoms with Crippen LogP contribution in [0.25, 0.3) is 0 Å². The molecule has 1 heterocycles. The quantitative estimate of drug-likeness (QED) is 0.576. The summed E-state index contributed by atoms with van der Waals surface area (Å²) < 4.78 is 0. The lowest BCUT2D eigenvalue weighted by Gasteiger charge is -1.84. The standard InChI is InChI=1S/C8H9N3/c9-4-2-1-3-8-7-10-5-6-11-8/h5-7H,2,4,9H2. The molecule has 0 saturated heterocycles. The van der Waals surface area contributed by atoms with Crippen molar-refractivity contribution in [2.45, 2.75) is 6.42 Å². The molecule has 0 atom stereocenters. The fourth-order valence-electron chi connectivity index (χ4n) is 0.589. The second-order valence-electron chi connectivity index (χ2n) is 1.93. The number of rotatable bonds is 1. The zero-order valence-electron chi connectivity index (χ0n) is 6.12. The molecular formula is C8H9N3. The van der Waals surface area contributed by atoms with E-state index in [1.165, 1.54) is 0 Å². The molecule has 0 spiro atoms. The molecule has 0 aliphatic carbocycles. The van der Waals surface area contributed by atoms with E-state index in [9.17, 15) is 0 Å². The Bertz CT molecular complexity index is 258. The summed E-state index contributed by atoms with van der Waals surface area (Å²) in [7, 11) is 0. The molecule has 3 heteroatoms. The number of hydrogen-bond donors (Lipinski definition) is 1. The predicted octanol–water partition coefficient (Wildman–Crippen LogP) is 0.177. The van der Waals surface area contributed by atoms with Crippen molar-refractivity contribution < 1.29 is 0 Å². The highest BCUT2D eigenvalue weighted by Crippen LogP contribution is 1.84. The van der Waals surface area contributed by atoms with Crippen molar-refractivity contribution in [3.63, 3.8) is 0 Å². The minimum Gasteiger partial charge on any atom is -0.330 e. The molecule has 0 aliphatic heterocycles. The van der Waals surface area contributed by atoms with E-state index in [1.807, 2.05) is 0 Å². The largest absolute Gasteiger partial charge is 0.330 e. The molecule has 56 valence electrons. The Hall–Kier alpha value is -1.40. The van der Waals surface area contributed by atoms with Crippen molar-refractivity contribution >= 4 is 0 Å². The summed E-state index contributed by atoms with van der Waals surface area (Å²) >= 11 is 0. The van der Waals surface area contributed by atoms with Crippen LogP contribution in [0.15, 0.2) is 18.6 Å². The highest BCUT2D eigenvalue weighted by Gasteiger charge is 1.82. The minimum absolute atomic E-state index is 0.591. The van der Waals surface area contributed by atoms with Gasteiger partial charge in [-0.2, -0.15) is 0 Å². The van der Waals surface area contributed by atoms with Crippen molar-refractivity contribution in [1.29, 1.82) is 0 Å². The van der Waals surface area contributed by atoms with Gasteiger partial charge in [-0.1, -0.05) is 5.92 Å². The van der Waals surface area contributed by atoms with Gasteiger partial charge in [0, 0.05) is 25.4 Å². The van der Waals surface area contributed by atoms with E-state index in [-0.39, 0.29) is 0 Å². The van der Waals surface area contributed by atoms with E-state index in [4.69, 9.17) is 5.73 Å². The van der Waals surface area contributed by atoms with Crippen LogP contribution in [0.3, 0.4) is 0 Å². The van der Waals surface area contributed by atoms with Crippen LogP contribution >= 0.6 is 0 Å². The van der Waals surface area contributed by atoms with Crippen molar-refractivity contribution in [3.8, 4) is 11.8 Å². The van der Waals surface area contributed by atoms with Crippen LogP contribution in [0.4, 0.5) is 0 Å². The summed E-state index contributed by atoms with van der Waals surface area (Å²) in [5, 5.41) is 0. The minimum atomic E-state index is 0.591. The van der Waals surface area contributed by atoms with Crippen LogP contribution in [-0.2, 0) is 0 Å². The van der Waals surface area contributed by atoms with Gasteiger partial charge < -0.3 is 5.73 Å². The highest BCUT2D eigenvalue weighted by atomic mass is 14.7. The molecule has 0 saturated carbocycles. The summed E-state index contributed by atoms with van der Waals surface area (Å²) in [5.41, 5.74) is 5.95. The Labute approximate surface area is 65.7 Å². The molecule has 0 aromatic carbocycles. The van der Waals surface area contributed by atoms with Gasteiger partial charge >= 0.3 is 0 Å². The van der Waals surface area contributed by atoms with E-state index in [2.05, 4.69) is 21.8 Å². The monoisotopic (exact) mass is 147 g/mol. The third kappa shape index (κ3) is 2.78. The number of nitrogens with zero attached hydrogens (tertiary/aromatic N) is 2. The van der Waals surface area contributed by atoms with E-state index in [0.29, 0.717) is 18.7 Å². The molecule has 0 aliphatic rings. The highest BCUT2D eigenvalue weighted by molar-refractivity contribution is 5.23. The van der Waals surface area contributed by atoms with Gasteiger partial charge in [-0.15, -0.1) is 0 Å². The topological polar surface area (TPSA) is 51.8 Å². The van der Waals surface area contributed by atoms with Gasteiger partial charge in [-0.3, -0.25) is 4.98 Å². The number of aromatic nitrogens is 2. The van der Waals surface area contributed by atoms with E-state index in [1.54, 1.807) is 18.6 Å². The third-order valence-electron chi connectivity index (χ3n) is 1.05. The summed E-state index contributed by atoms with van der Waals surface area (Å²) in [6.07, 6.45) is 5.57. The molecule has 1 aromatic rings. The average Bonchev–Trinajstić information content (AvgIpc) is 2.07. The van der Waals surface area contributed by atoms with Crippen molar-refractivity contribution in [2.24, 2.45) is 5.73 Å². The fraction of sp³-hybridized carbons (Fsp3) is 0.250. The smallest absolute Gasteiger partial charge is 0.131 e. The molecule has 0 bridgehead atoms. The SMILES string of the molecule is NCCC#Cc1cnccn1. The summed E-state index contributed by atoms with van der Waals surface area (Å²) in [5.74, 6) is 5.72. The first kappa shape index (κ1) is 7.70. The molecule has 0 fully saturated rings. The van der Waals surface area contributed by atoms with Crippen LogP contribution < -0.4 is 5.73 Å². The Balaban J connectivity index is 2.59. The van der Waals surface area contributed by atoms with Gasteiger partial charge in [0.2, 0.25) is 0 Å². The summed E-state index contributed by atoms with van der Waals surface area (Å²) in [4.78, 5) is 7.84. The van der Waals surface area contributed by atoms with Crippen molar-refractivity contribution in [1.82, 2.24) is 9.97 Å². The van der Waals surface area contributed by atoms with Crippen molar-refractivity contribution in [3.05, 3.63) is 24.3 Å². The molecule has 0 unspecified atom stereocenters. The molecule has 2 N–H and O–H groups in total. The molecule has 11 heavy (non-hydrogen) atoms. The van der Waals surface area contributed by atoms with Gasteiger partial charge in [0.25, 0.3) is 0 Å². The second kappa shape index (κ2) is 4.42. The summed E-state index contributed by atoms with van der Waals surface area (Å²) in [6.45, 7) is 0.591. The Kier molecular flexibility index (Phi) is 3.10. The normalized spacial score (nSPS) is 8.45. The maximum Gasteiger partial charge on any atom is 0.131 e. The van der Waals surface area contributed by atoms with E-state index >= 15 is 0 Å². The summed E-state index contributed by atoms with van der Waals surface area (Å²) in [6, 6.07) is 0. The lowest BCUT2D eigenvalue weighted by molar-refractivity contribution is 1.03. The van der Waals surface area contributed by atoms with Gasteiger partial charge in [0.1, 0.15) is 5.69 Å². The number of nitrogens with two attached hydrogens (primary N) is 1. The first-order chi connectivity index (χ1) is 5.43. The Morgan fingerprint density at radius 3 is 3.00 bits per heavy atom. The van der Waals surface area contributed by atoms with Crippen LogP contribution in [0, 0.1) is 11.8 Å². The van der Waals surface area contributed by atoms with Crippen LogP contribution in [0.2, 0.25) is 0 Å². The molecule has 0 amide bonds. The Morgan fingerprint density at radius 2 is 2.36 bits per heavy atom. The lowest BCUT2D eigenvalue weighted by atomic mass is 10.4. The first-order valence-corrected chi connectivity index (χ1v) is 3.38. The first-order valence-electron chi connectivity index (χ1n) is 3.38. The molecule has 1 aromatic heterocycles. The van der Waals surface area contributed by atoms with Crippen molar-refractivity contribution in [2.75, 3.05) is 6.54 Å². The maximum atomic E-state index is 5.25. The average molecular weight is 147 g/mol. The van der Waals surface area contributed by atoms with Gasteiger partial charge in [0.05, 0.1) is 6.20 Å². The fourth-order valence-corrected chi connectivity index (χ4v) is 0.589. The molecule has 1 rings (SSSR count). The predicted molar refractivity (Wildman–Crippen MR) is 42.6 cm³/mol. The zero-order valence-corrected chi connectivity index (χ0v) is 6.12. The Morgan fingerprint density at radius 1 is 1.45 bits per heavy atom. The van der Waals surface area contributed by atoms with Crippen LogP contribution in [0.1, 0.15) is 12.1 Å². The third-order valence-corrected chi connectivity index (χ3v) is 1.05. The van der Waals surface area contributed by atoms with Crippen LogP contribution in [-0.4, -0.2) is 16.5 Å². The molecular weight excluding hydrogens is 138 g/mol. The molecule has 0 radical (unpaired) electrons. The van der Waals surface area contributed by atoms with E-state index < -0.39 is 0 Å². The maximum absolute atomic E-state index is 5.25. The van der Waals surface area contributed by atoms with Gasteiger partial charge in [-0.05, 0) is 5.92 Å². The number of hydrogen-bond acceptors (Lipinski definition) is 3. The van der Waals surface area contributed by atoms with Crippen LogP contribution in [0.5, 0.6) is 0 Å². The van der Waals surface area contributed by atoms with E-state index in [0.717, 1.165) is 0 Å². The molecule has 3 nitrogen and oxygen atoms in total. The zero-order chi connectivity index (χ0) is 7.94.